The van der Waals surface area contributed by atoms with Gasteiger partial charge in [0.1, 0.15) is 0 Å². The van der Waals surface area contributed by atoms with Crippen LogP contribution in [0.5, 0.6) is 0 Å². The fraction of sp³-hybridized carbons (Fsp3) is 0.167. The van der Waals surface area contributed by atoms with Crippen LogP contribution in [0.3, 0.4) is 0 Å². The Morgan fingerprint density at radius 1 is 1.16 bits per heavy atom. The van der Waals surface area contributed by atoms with Crippen molar-refractivity contribution >= 4 is 34.2 Å². The quantitative estimate of drug-likeness (QED) is 0.698. The lowest BCUT2D eigenvalue weighted by Gasteiger charge is -2.13. The Morgan fingerprint density at radius 3 is 2.64 bits per heavy atom. The second-order valence-corrected chi connectivity index (χ2v) is 5.74. The van der Waals surface area contributed by atoms with E-state index in [0.717, 1.165) is 16.6 Å². The van der Waals surface area contributed by atoms with Gasteiger partial charge >= 0.3 is 5.97 Å². The molecule has 0 aliphatic carbocycles. The summed E-state index contributed by atoms with van der Waals surface area (Å²) in [6, 6.07) is 12.4. The van der Waals surface area contributed by atoms with Crippen LogP contribution in [0.1, 0.15) is 10.4 Å². The molecule has 0 aliphatic rings. The van der Waals surface area contributed by atoms with Gasteiger partial charge in [-0.1, -0.05) is 0 Å². The van der Waals surface area contributed by atoms with Crippen LogP contribution in [0.25, 0.3) is 10.9 Å². The molecule has 25 heavy (non-hydrogen) atoms. The molecular formula is C18H18N4O3. The van der Waals surface area contributed by atoms with Crippen molar-refractivity contribution in [3.63, 3.8) is 0 Å². The van der Waals surface area contributed by atoms with Gasteiger partial charge in [0.05, 0.1) is 17.3 Å². The van der Waals surface area contributed by atoms with E-state index in [0.29, 0.717) is 11.3 Å². The van der Waals surface area contributed by atoms with Gasteiger partial charge in [0.25, 0.3) is 5.91 Å². The van der Waals surface area contributed by atoms with E-state index in [1.54, 1.807) is 36.5 Å². The zero-order valence-corrected chi connectivity index (χ0v) is 13.9. The third-order valence-electron chi connectivity index (χ3n) is 3.68. The number of nitrogens with zero attached hydrogens (tertiary/aromatic N) is 2. The first-order chi connectivity index (χ1) is 12.0. The lowest BCUT2D eigenvalue weighted by Crippen LogP contribution is -2.21. The molecule has 0 saturated carbocycles. The van der Waals surface area contributed by atoms with E-state index < -0.39 is 11.9 Å². The van der Waals surface area contributed by atoms with Gasteiger partial charge < -0.3 is 15.0 Å². The number of rotatable bonds is 5. The third-order valence-corrected chi connectivity index (χ3v) is 3.68. The van der Waals surface area contributed by atoms with Crippen LogP contribution in [-0.4, -0.2) is 42.8 Å². The molecule has 3 aromatic rings. The van der Waals surface area contributed by atoms with Crippen LogP contribution >= 0.6 is 0 Å². The molecule has 3 rings (SSSR count). The Morgan fingerprint density at radius 2 is 1.92 bits per heavy atom. The van der Waals surface area contributed by atoms with E-state index in [1.807, 2.05) is 31.1 Å². The second kappa shape index (κ2) is 7.04. The van der Waals surface area contributed by atoms with Crippen molar-refractivity contribution in [1.29, 1.82) is 0 Å². The molecular weight excluding hydrogens is 320 g/mol. The van der Waals surface area contributed by atoms with E-state index in [2.05, 4.69) is 15.5 Å². The van der Waals surface area contributed by atoms with Crippen molar-refractivity contribution in [2.45, 2.75) is 0 Å². The number of hydrogen-bond acceptors (Lipinski definition) is 5. The molecule has 0 unspecified atom stereocenters. The topological polar surface area (TPSA) is 87.3 Å². The van der Waals surface area contributed by atoms with Gasteiger partial charge in [-0.25, -0.2) is 4.79 Å². The van der Waals surface area contributed by atoms with E-state index in [9.17, 15) is 9.59 Å². The number of hydrogen-bond donors (Lipinski definition) is 2. The van der Waals surface area contributed by atoms with Crippen molar-refractivity contribution < 1.29 is 14.3 Å². The highest BCUT2D eigenvalue weighted by Crippen LogP contribution is 2.16. The molecule has 2 N–H and O–H groups in total. The second-order valence-electron chi connectivity index (χ2n) is 5.74. The number of nitrogens with one attached hydrogen (secondary N) is 2. The summed E-state index contributed by atoms with van der Waals surface area (Å²) in [5, 5.41) is 10.2. The standard InChI is InChI=1S/C18H18N4O3/c1-22(2)15-6-4-14(5-7-15)20-17(23)11-25-18(24)12-3-8-16-13(9-12)10-19-21-16/h3-10H,11H2,1-2H3,(H,19,21)(H,20,23). The summed E-state index contributed by atoms with van der Waals surface area (Å²) < 4.78 is 5.06. The first-order valence-corrected chi connectivity index (χ1v) is 7.70. The van der Waals surface area contributed by atoms with Crippen molar-refractivity contribution in [3.8, 4) is 0 Å². The number of aromatic amines is 1. The minimum atomic E-state index is -0.554. The van der Waals surface area contributed by atoms with E-state index in [-0.39, 0.29) is 6.61 Å². The van der Waals surface area contributed by atoms with Crippen molar-refractivity contribution in [1.82, 2.24) is 10.2 Å². The van der Waals surface area contributed by atoms with Crippen LogP contribution in [0.2, 0.25) is 0 Å². The summed E-state index contributed by atoms with van der Waals surface area (Å²) in [6.07, 6.45) is 1.62. The zero-order chi connectivity index (χ0) is 17.8. The normalized spacial score (nSPS) is 10.5. The van der Waals surface area contributed by atoms with Crippen LogP contribution in [-0.2, 0) is 9.53 Å². The van der Waals surface area contributed by atoms with Gasteiger partial charge in [-0.2, -0.15) is 5.10 Å². The summed E-state index contributed by atoms with van der Waals surface area (Å²) in [5.74, 6) is -0.948. The van der Waals surface area contributed by atoms with Crippen LogP contribution in [0.15, 0.2) is 48.7 Å². The minimum absolute atomic E-state index is 0.350. The number of carbonyl (C=O) groups excluding carboxylic acids is 2. The molecule has 7 nitrogen and oxygen atoms in total. The zero-order valence-electron chi connectivity index (χ0n) is 13.9. The van der Waals surface area contributed by atoms with Gasteiger partial charge in [0, 0.05) is 30.9 Å². The number of carbonyl (C=O) groups is 2. The Balaban J connectivity index is 1.55. The number of H-pyrrole nitrogens is 1. The highest BCUT2D eigenvalue weighted by molar-refractivity contribution is 5.97. The molecule has 0 fully saturated rings. The average molecular weight is 338 g/mol. The number of anilines is 2. The number of fused-ring (bicyclic) bond motifs is 1. The Kier molecular flexibility index (Phi) is 4.65. The molecule has 0 aliphatic heterocycles. The maximum Gasteiger partial charge on any atom is 0.338 e. The molecule has 0 atom stereocenters. The molecule has 7 heteroatoms. The number of amides is 1. The fourth-order valence-electron chi connectivity index (χ4n) is 2.32. The molecule has 0 bridgehead atoms. The summed E-state index contributed by atoms with van der Waals surface area (Å²) in [4.78, 5) is 25.9. The van der Waals surface area contributed by atoms with Crippen LogP contribution in [0.4, 0.5) is 11.4 Å². The first-order valence-electron chi connectivity index (χ1n) is 7.70. The van der Waals surface area contributed by atoms with Gasteiger partial charge in [-0.05, 0) is 42.5 Å². The Hall–Kier alpha value is -3.35. The molecule has 0 saturated heterocycles. The van der Waals surface area contributed by atoms with Crippen molar-refractivity contribution in [2.24, 2.45) is 0 Å². The molecule has 0 spiro atoms. The number of aromatic nitrogens is 2. The Labute approximate surface area is 144 Å². The number of esters is 1. The lowest BCUT2D eigenvalue weighted by molar-refractivity contribution is -0.119. The van der Waals surface area contributed by atoms with E-state index in [4.69, 9.17) is 4.74 Å². The molecule has 1 heterocycles. The number of ether oxygens (including phenoxy) is 1. The SMILES string of the molecule is CN(C)c1ccc(NC(=O)COC(=O)c2ccc3[nH]ncc3c2)cc1. The average Bonchev–Trinajstić information content (AvgIpc) is 3.07. The first kappa shape index (κ1) is 16.5. The molecule has 0 radical (unpaired) electrons. The minimum Gasteiger partial charge on any atom is -0.452 e. The van der Waals surface area contributed by atoms with E-state index in [1.165, 1.54) is 0 Å². The summed E-state index contributed by atoms with van der Waals surface area (Å²) in [5.41, 5.74) is 2.87. The highest BCUT2D eigenvalue weighted by atomic mass is 16.5. The van der Waals surface area contributed by atoms with Crippen molar-refractivity contribution in [3.05, 3.63) is 54.2 Å². The molecule has 1 aromatic heterocycles. The van der Waals surface area contributed by atoms with Crippen LogP contribution < -0.4 is 10.2 Å². The van der Waals surface area contributed by atoms with Crippen LogP contribution in [0, 0.1) is 0 Å². The van der Waals surface area contributed by atoms with Gasteiger partial charge in [-0.3, -0.25) is 9.89 Å². The van der Waals surface area contributed by atoms with Gasteiger partial charge in [-0.15, -0.1) is 0 Å². The largest absolute Gasteiger partial charge is 0.452 e. The van der Waals surface area contributed by atoms with Gasteiger partial charge in [0.2, 0.25) is 0 Å². The molecule has 2 aromatic carbocycles. The molecule has 128 valence electrons. The fourth-order valence-corrected chi connectivity index (χ4v) is 2.32. The predicted molar refractivity (Wildman–Crippen MR) is 95.8 cm³/mol. The maximum atomic E-state index is 12.0. The predicted octanol–water partition coefficient (Wildman–Crippen LogP) is 2.42. The smallest absolute Gasteiger partial charge is 0.338 e. The van der Waals surface area contributed by atoms with Crippen molar-refractivity contribution in [2.75, 3.05) is 30.9 Å². The van der Waals surface area contributed by atoms with Gasteiger partial charge in [0.15, 0.2) is 6.61 Å². The maximum absolute atomic E-state index is 12.0. The van der Waals surface area contributed by atoms with E-state index >= 15 is 0 Å². The molecule has 1 amide bonds. The number of benzene rings is 2. The summed E-state index contributed by atoms with van der Waals surface area (Å²) >= 11 is 0. The lowest BCUT2D eigenvalue weighted by atomic mass is 10.2. The summed E-state index contributed by atoms with van der Waals surface area (Å²) in [7, 11) is 3.88. The monoisotopic (exact) mass is 338 g/mol. The summed E-state index contributed by atoms with van der Waals surface area (Å²) in [6.45, 7) is -0.350. The highest BCUT2D eigenvalue weighted by Gasteiger charge is 2.11. The third kappa shape index (κ3) is 3.95. The Bertz CT molecular complexity index is 900.